The normalized spacial score (nSPS) is 16.0. The molecule has 4 rings (SSSR count). The lowest BCUT2D eigenvalue weighted by Crippen LogP contribution is -2.44. The maximum absolute atomic E-state index is 4.95. The van der Waals surface area contributed by atoms with Crippen molar-refractivity contribution in [2.45, 2.75) is 27.3 Å². The predicted octanol–water partition coefficient (Wildman–Crippen LogP) is 5.00. The fraction of sp³-hybridized carbons (Fsp3) is 0.320. The second-order valence-electron chi connectivity index (χ2n) is 7.87. The molecule has 1 aliphatic rings. The van der Waals surface area contributed by atoms with Gasteiger partial charge in [-0.25, -0.2) is 0 Å². The molecular formula is C25H29N3. The van der Waals surface area contributed by atoms with Gasteiger partial charge >= 0.3 is 0 Å². The number of rotatable bonds is 4. The highest BCUT2D eigenvalue weighted by Crippen LogP contribution is 2.20. The summed E-state index contributed by atoms with van der Waals surface area (Å²) in [6, 6.07) is 21.8. The molecule has 1 heterocycles. The molecule has 144 valence electrons. The van der Waals surface area contributed by atoms with Gasteiger partial charge in [0.1, 0.15) is 0 Å². The van der Waals surface area contributed by atoms with Gasteiger partial charge in [-0.1, -0.05) is 66.2 Å². The van der Waals surface area contributed by atoms with Crippen LogP contribution in [-0.2, 0) is 6.54 Å². The van der Waals surface area contributed by atoms with Gasteiger partial charge < -0.3 is 0 Å². The van der Waals surface area contributed by atoms with Crippen molar-refractivity contribution in [3.63, 3.8) is 0 Å². The van der Waals surface area contributed by atoms with Crippen LogP contribution in [0.15, 0.2) is 65.8 Å². The third-order valence-corrected chi connectivity index (χ3v) is 5.71. The van der Waals surface area contributed by atoms with Crippen LogP contribution in [0, 0.1) is 13.8 Å². The Morgan fingerprint density at radius 2 is 1.64 bits per heavy atom. The Morgan fingerprint density at radius 1 is 0.893 bits per heavy atom. The molecule has 3 nitrogen and oxygen atoms in total. The third-order valence-electron chi connectivity index (χ3n) is 5.71. The molecule has 0 bridgehead atoms. The van der Waals surface area contributed by atoms with Crippen molar-refractivity contribution in [3.05, 3.63) is 82.9 Å². The molecule has 3 aromatic carbocycles. The molecule has 1 aliphatic heterocycles. The lowest BCUT2D eigenvalue weighted by atomic mass is 10.0. The number of aryl methyl sites for hydroxylation is 2. The zero-order valence-electron chi connectivity index (χ0n) is 17.2. The molecule has 3 heteroatoms. The summed E-state index contributed by atoms with van der Waals surface area (Å²) in [5.41, 5.74) is 6.50. The fourth-order valence-corrected chi connectivity index (χ4v) is 4.07. The second-order valence-corrected chi connectivity index (χ2v) is 7.87. The highest BCUT2D eigenvalue weighted by Gasteiger charge is 2.17. The van der Waals surface area contributed by atoms with Gasteiger partial charge in [0.15, 0.2) is 0 Å². The van der Waals surface area contributed by atoms with Gasteiger partial charge in [-0.15, -0.1) is 0 Å². The van der Waals surface area contributed by atoms with Crippen molar-refractivity contribution in [2.75, 3.05) is 26.2 Å². The Kier molecular flexibility index (Phi) is 5.45. The number of hydrogen-bond acceptors (Lipinski definition) is 3. The van der Waals surface area contributed by atoms with Gasteiger partial charge in [-0.05, 0) is 42.7 Å². The van der Waals surface area contributed by atoms with Crippen LogP contribution in [0.5, 0.6) is 0 Å². The van der Waals surface area contributed by atoms with Gasteiger partial charge in [0.05, 0.1) is 5.71 Å². The van der Waals surface area contributed by atoms with E-state index in [0.29, 0.717) is 0 Å². The van der Waals surface area contributed by atoms with E-state index < -0.39 is 0 Å². The molecule has 0 spiro atoms. The monoisotopic (exact) mass is 371 g/mol. The molecule has 0 atom stereocenters. The van der Waals surface area contributed by atoms with Crippen LogP contribution in [0.3, 0.4) is 0 Å². The molecule has 0 radical (unpaired) electrons. The molecule has 0 unspecified atom stereocenters. The van der Waals surface area contributed by atoms with E-state index in [4.69, 9.17) is 5.10 Å². The van der Waals surface area contributed by atoms with Crippen molar-refractivity contribution >= 4 is 16.5 Å². The standard InChI is InChI=1S/C25H29N3/c1-19-11-12-23(20(2)17-19)18-27-13-15-28(16-14-27)26-21(3)24-10-6-8-22-7-4-5-9-25(22)24/h4-12,17H,13-16,18H2,1-3H3/b26-21+. The summed E-state index contributed by atoms with van der Waals surface area (Å²) in [7, 11) is 0. The zero-order valence-corrected chi connectivity index (χ0v) is 17.2. The lowest BCUT2D eigenvalue weighted by molar-refractivity contribution is 0.130. The first-order valence-corrected chi connectivity index (χ1v) is 10.2. The summed E-state index contributed by atoms with van der Waals surface area (Å²) in [5, 5.41) is 9.73. The predicted molar refractivity (Wildman–Crippen MR) is 119 cm³/mol. The van der Waals surface area contributed by atoms with E-state index in [1.807, 2.05) is 0 Å². The first-order chi connectivity index (χ1) is 13.6. The number of hydrogen-bond donors (Lipinski definition) is 0. The van der Waals surface area contributed by atoms with Crippen LogP contribution in [0.25, 0.3) is 10.8 Å². The summed E-state index contributed by atoms with van der Waals surface area (Å²) in [5.74, 6) is 0. The van der Waals surface area contributed by atoms with Crippen LogP contribution in [0.1, 0.15) is 29.2 Å². The number of nitrogens with zero attached hydrogens (tertiary/aromatic N) is 3. The molecule has 1 saturated heterocycles. The quantitative estimate of drug-likeness (QED) is 0.601. The third kappa shape index (κ3) is 4.10. The molecule has 1 fully saturated rings. The van der Waals surface area contributed by atoms with Crippen LogP contribution in [-0.4, -0.2) is 41.8 Å². The Labute approximate surface area is 168 Å². The first-order valence-electron chi connectivity index (χ1n) is 10.2. The van der Waals surface area contributed by atoms with E-state index in [0.717, 1.165) is 38.4 Å². The van der Waals surface area contributed by atoms with Crippen molar-refractivity contribution in [3.8, 4) is 0 Å². The average Bonchev–Trinajstić information content (AvgIpc) is 2.71. The minimum Gasteiger partial charge on any atom is -0.295 e. The summed E-state index contributed by atoms with van der Waals surface area (Å²) in [4.78, 5) is 2.54. The number of fused-ring (bicyclic) bond motifs is 1. The molecule has 3 aromatic rings. The van der Waals surface area contributed by atoms with Gasteiger partial charge in [-0.2, -0.15) is 5.10 Å². The van der Waals surface area contributed by atoms with Crippen LogP contribution in [0.2, 0.25) is 0 Å². The minimum atomic E-state index is 0.979. The number of benzene rings is 3. The SMILES string of the molecule is C/C(=N\N1CCN(Cc2ccc(C)cc2C)CC1)c1cccc2ccccc12. The number of hydrazone groups is 1. The zero-order chi connectivity index (χ0) is 19.5. The van der Waals surface area contributed by atoms with Crippen LogP contribution in [0.4, 0.5) is 0 Å². The molecular weight excluding hydrogens is 342 g/mol. The number of piperazine rings is 1. The van der Waals surface area contributed by atoms with Crippen LogP contribution >= 0.6 is 0 Å². The van der Waals surface area contributed by atoms with E-state index >= 15 is 0 Å². The smallest absolute Gasteiger partial charge is 0.0652 e. The summed E-state index contributed by atoms with van der Waals surface area (Å²) < 4.78 is 0. The van der Waals surface area contributed by atoms with E-state index in [1.165, 1.54) is 33.0 Å². The Hall–Kier alpha value is -2.65. The average molecular weight is 372 g/mol. The summed E-state index contributed by atoms with van der Waals surface area (Å²) in [6.07, 6.45) is 0. The van der Waals surface area contributed by atoms with Gasteiger partial charge in [-0.3, -0.25) is 9.91 Å². The van der Waals surface area contributed by atoms with Gasteiger partial charge in [0.2, 0.25) is 0 Å². The second kappa shape index (κ2) is 8.15. The lowest BCUT2D eigenvalue weighted by Gasteiger charge is -2.33. The van der Waals surface area contributed by atoms with E-state index in [2.05, 4.69) is 91.3 Å². The Bertz CT molecular complexity index is 992. The molecule has 0 aliphatic carbocycles. The van der Waals surface area contributed by atoms with E-state index in [1.54, 1.807) is 0 Å². The Balaban J connectivity index is 1.42. The minimum absolute atomic E-state index is 0.979. The molecule has 0 amide bonds. The molecule has 0 saturated carbocycles. The largest absolute Gasteiger partial charge is 0.295 e. The van der Waals surface area contributed by atoms with E-state index in [9.17, 15) is 0 Å². The highest BCUT2D eigenvalue weighted by atomic mass is 15.5. The van der Waals surface area contributed by atoms with E-state index in [-0.39, 0.29) is 0 Å². The van der Waals surface area contributed by atoms with Crippen LogP contribution < -0.4 is 0 Å². The summed E-state index contributed by atoms with van der Waals surface area (Å²) in [6.45, 7) is 11.6. The van der Waals surface area contributed by atoms with Crippen molar-refractivity contribution in [1.82, 2.24) is 9.91 Å². The topological polar surface area (TPSA) is 18.8 Å². The van der Waals surface area contributed by atoms with Crippen molar-refractivity contribution in [1.29, 1.82) is 0 Å². The van der Waals surface area contributed by atoms with Crippen molar-refractivity contribution in [2.24, 2.45) is 5.10 Å². The first kappa shape index (κ1) is 18.7. The maximum atomic E-state index is 4.95. The highest BCUT2D eigenvalue weighted by molar-refractivity contribution is 6.09. The molecule has 0 N–H and O–H groups in total. The van der Waals surface area contributed by atoms with Gasteiger partial charge in [0, 0.05) is 38.3 Å². The van der Waals surface area contributed by atoms with Crippen molar-refractivity contribution < 1.29 is 0 Å². The fourth-order valence-electron chi connectivity index (χ4n) is 4.07. The maximum Gasteiger partial charge on any atom is 0.0652 e. The van der Waals surface area contributed by atoms with Gasteiger partial charge in [0.25, 0.3) is 0 Å². The summed E-state index contributed by atoms with van der Waals surface area (Å²) >= 11 is 0. The molecule has 28 heavy (non-hydrogen) atoms. The molecule has 0 aromatic heterocycles. The Morgan fingerprint density at radius 3 is 2.43 bits per heavy atom.